The zero-order chi connectivity index (χ0) is 26.6. The molecule has 36 heavy (non-hydrogen) atoms. The highest BCUT2D eigenvalue weighted by Crippen LogP contribution is 2.46. The van der Waals surface area contributed by atoms with Crippen LogP contribution in [0.25, 0.3) is 11.1 Å². The Morgan fingerprint density at radius 2 is 1.75 bits per heavy atom. The molecule has 1 amide bonds. The Morgan fingerprint density at radius 1 is 1.11 bits per heavy atom. The number of sulfonamides is 1. The van der Waals surface area contributed by atoms with E-state index >= 15 is 0 Å². The fourth-order valence-corrected chi connectivity index (χ4v) is 4.89. The molecule has 0 radical (unpaired) electrons. The van der Waals surface area contributed by atoms with Crippen LogP contribution in [0, 0.1) is 19.7 Å². The van der Waals surface area contributed by atoms with E-state index in [0.29, 0.717) is 39.3 Å². The number of amides is 1. The van der Waals surface area contributed by atoms with E-state index in [9.17, 15) is 22.4 Å². The van der Waals surface area contributed by atoms with E-state index in [0.717, 1.165) is 5.41 Å². The molecule has 10 heteroatoms. The highest BCUT2D eigenvalue weighted by atomic mass is 32.2. The van der Waals surface area contributed by atoms with E-state index in [2.05, 4.69) is 16.6 Å². The van der Waals surface area contributed by atoms with Crippen LogP contribution in [0.15, 0.2) is 53.3 Å². The van der Waals surface area contributed by atoms with Crippen LogP contribution in [0.3, 0.4) is 0 Å². The Kier molecular flexibility index (Phi) is 6.04. The Bertz CT molecular complexity index is 1580. The molecule has 1 aliphatic rings. The van der Waals surface area contributed by atoms with Crippen molar-refractivity contribution in [1.29, 1.82) is 0 Å². The fourth-order valence-electron chi connectivity index (χ4n) is 4.35. The first-order valence-electron chi connectivity index (χ1n) is 11.0. The number of ether oxygens (including phenoxy) is 1. The summed E-state index contributed by atoms with van der Waals surface area (Å²) in [4.78, 5) is 25.6. The van der Waals surface area contributed by atoms with Crippen LogP contribution in [0.2, 0.25) is 0 Å². The molecule has 2 aromatic carbocycles. The minimum atomic E-state index is -3.81. The fraction of sp³-hybridized carbons (Fsp3) is 0.231. The summed E-state index contributed by atoms with van der Waals surface area (Å²) in [6.07, 6.45) is 1.58. The number of carbonyl (C=O) groups is 1. The van der Waals surface area contributed by atoms with Crippen molar-refractivity contribution in [2.24, 2.45) is 7.05 Å². The maximum atomic E-state index is 13.9. The van der Waals surface area contributed by atoms with Gasteiger partial charge in [0, 0.05) is 41.0 Å². The van der Waals surface area contributed by atoms with Crippen LogP contribution < -0.4 is 20.3 Å². The summed E-state index contributed by atoms with van der Waals surface area (Å²) in [6, 6.07) is 7.36. The maximum Gasteiger partial charge on any atom is 0.274 e. The van der Waals surface area contributed by atoms with Crippen molar-refractivity contribution in [3.63, 3.8) is 0 Å². The lowest BCUT2D eigenvalue weighted by molar-refractivity contribution is -0.119. The summed E-state index contributed by atoms with van der Waals surface area (Å²) in [6.45, 7) is 10.2. The number of hydrogen-bond acceptors (Lipinski definition) is 5. The van der Waals surface area contributed by atoms with Crippen LogP contribution in [-0.2, 0) is 27.3 Å². The van der Waals surface area contributed by atoms with Crippen LogP contribution in [0.4, 0.5) is 15.8 Å². The van der Waals surface area contributed by atoms with E-state index in [1.54, 1.807) is 53.1 Å². The number of halogens is 1. The molecule has 4 rings (SSSR count). The predicted octanol–water partition coefficient (Wildman–Crippen LogP) is 4.72. The van der Waals surface area contributed by atoms with Crippen LogP contribution >= 0.6 is 0 Å². The number of aromatic nitrogens is 1. The van der Waals surface area contributed by atoms with Gasteiger partial charge in [0.25, 0.3) is 15.6 Å². The SMILES string of the molecule is C=CS(=O)(=O)Nc1ccc(Oc2c(C)cc(F)cc2C)c(-c2cn(C)c(=O)c3c2C(C)(C)C(=O)N3)c1. The molecule has 8 nitrogen and oxygen atoms in total. The normalized spacial score (nSPS) is 14.2. The zero-order valence-electron chi connectivity index (χ0n) is 20.5. The van der Waals surface area contributed by atoms with Crippen molar-refractivity contribution in [3.8, 4) is 22.6 Å². The van der Waals surface area contributed by atoms with Gasteiger partial charge < -0.3 is 14.6 Å². The molecule has 0 unspecified atom stereocenters. The Labute approximate surface area is 208 Å². The average molecular weight is 512 g/mol. The second-order valence-corrected chi connectivity index (χ2v) is 10.9. The molecule has 0 bridgehead atoms. The highest BCUT2D eigenvalue weighted by molar-refractivity contribution is 7.95. The number of pyridine rings is 1. The topological polar surface area (TPSA) is 106 Å². The minimum Gasteiger partial charge on any atom is -0.456 e. The summed E-state index contributed by atoms with van der Waals surface area (Å²) < 4.78 is 48.2. The number of rotatable bonds is 6. The molecule has 0 saturated carbocycles. The summed E-state index contributed by atoms with van der Waals surface area (Å²) in [5.41, 5.74) is 1.50. The zero-order valence-corrected chi connectivity index (χ0v) is 21.3. The molecule has 3 aromatic rings. The second-order valence-electron chi connectivity index (χ2n) is 9.28. The van der Waals surface area contributed by atoms with Gasteiger partial charge in [-0.15, -0.1) is 0 Å². The molecule has 2 N–H and O–H groups in total. The van der Waals surface area contributed by atoms with E-state index in [1.165, 1.54) is 22.8 Å². The Balaban J connectivity index is 2.01. The highest BCUT2D eigenvalue weighted by Gasteiger charge is 2.43. The summed E-state index contributed by atoms with van der Waals surface area (Å²) >= 11 is 0. The number of carbonyl (C=O) groups excluding carboxylic acids is 1. The number of nitrogens with zero attached hydrogens (tertiary/aromatic N) is 1. The van der Waals surface area contributed by atoms with Crippen molar-refractivity contribution < 1.29 is 22.3 Å². The molecular formula is C26H26FN3O5S. The smallest absolute Gasteiger partial charge is 0.274 e. The number of nitrogens with one attached hydrogen (secondary N) is 2. The molecule has 0 spiro atoms. The quantitative estimate of drug-likeness (QED) is 0.498. The van der Waals surface area contributed by atoms with Gasteiger partial charge in [0.05, 0.1) is 5.41 Å². The van der Waals surface area contributed by atoms with Crippen LogP contribution in [0.1, 0.15) is 30.5 Å². The lowest BCUT2D eigenvalue weighted by Crippen LogP contribution is -2.27. The van der Waals surface area contributed by atoms with Gasteiger partial charge in [0.1, 0.15) is 23.0 Å². The van der Waals surface area contributed by atoms with Crippen molar-refractivity contribution in [3.05, 3.63) is 81.4 Å². The predicted molar refractivity (Wildman–Crippen MR) is 137 cm³/mol. The maximum absolute atomic E-state index is 13.9. The van der Waals surface area contributed by atoms with Crippen molar-refractivity contribution in [2.75, 3.05) is 10.0 Å². The first kappa shape index (κ1) is 25.2. The van der Waals surface area contributed by atoms with Gasteiger partial charge in [-0.05, 0) is 69.2 Å². The molecule has 1 aliphatic heterocycles. The van der Waals surface area contributed by atoms with Crippen molar-refractivity contribution >= 4 is 27.3 Å². The number of hydrogen-bond donors (Lipinski definition) is 2. The largest absolute Gasteiger partial charge is 0.456 e. The Hall–Kier alpha value is -3.92. The third kappa shape index (κ3) is 4.28. The van der Waals surface area contributed by atoms with Gasteiger partial charge in [-0.3, -0.25) is 14.3 Å². The summed E-state index contributed by atoms with van der Waals surface area (Å²) in [5, 5.41) is 3.47. The molecule has 1 aromatic heterocycles. The molecule has 0 fully saturated rings. The number of fused-ring (bicyclic) bond motifs is 1. The van der Waals surface area contributed by atoms with Gasteiger partial charge in [-0.25, -0.2) is 12.8 Å². The number of benzene rings is 2. The van der Waals surface area contributed by atoms with E-state index in [1.807, 2.05) is 0 Å². The Morgan fingerprint density at radius 3 is 2.36 bits per heavy atom. The molecule has 0 aliphatic carbocycles. The minimum absolute atomic E-state index is 0.155. The summed E-state index contributed by atoms with van der Waals surface area (Å²) in [5.74, 6) is 0.0320. The van der Waals surface area contributed by atoms with Gasteiger partial charge in [0.2, 0.25) is 5.91 Å². The first-order valence-corrected chi connectivity index (χ1v) is 12.6. The second kappa shape index (κ2) is 8.63. The monoisotopic (exact) mass is 511 g/mol. The van der Waals surface area contributed by atoms with Gasteiger partial charge in [0.15, 0.2) is 0 Å². The number of anilines is 2. The number of aryl methyl sites for hydroxylation is 3. The van der Waals surface area contributed by atoms with Gasteiger partial charge >= 0.3 is 0 Å². The molecule has 0 saturated heterocycles. The lowest BCUT2D eigenvalue weighted by atomic mass is 9.82. The third-order valence-corrected chi connectivity index (χ3v) is 7.15. The first-order chi connectivity index (χ1) is 16.7. The van der Waals surface area contributed by atoms with Crippen LogP contribution in [0.5, 0.6) is 11.5 Å². The van der Waals surface area contributed by atoms with E-state index in [-0.39, 0.29) is 22.8 Å². The van der Waals surface area contributed by atoms with E-state index < -0.39 is 21.3 Å². The molecule has 0 atom stereocenters. The van der Waals surface area contributed by atoms with Gasteiger partial charge in [-0.2, -0.15) is 0 Å². The summed E-state index contributed by atoms with van der Waals surface area (Å²) in [7, 11) is -2.25. The van der Waals surface area contributed by atoms with Crippen LogP contribution in [-0.4, -0.2) is 18.9 Å². The standard InChI is InChI=1S/C26H26FN3O5S/c1-7-36(33,34)29-17-8-9-20(35-23-14(2)10-16(27)11-15(23)3)18(12-17)19-13-30(6)24(31)22-21(19)26(4,5)25(32)28-22/h7-13,29H,1H2,2-6H3,(H,28,32). The molecule has 188 valence electrons. The molecular weight excluding hydrogens is 485 g/mol. The van der Waals surface area contributed by atoms with Crippen molar-refractivity contribution in [1.82, 2.24) is 4.57 Å². The van der Waals surface area contributed by atoms with Gasteiger partial charge in [-0.1, -0.05) is 6.58 Å². The third-order valence-electron chi connectivity index (χ3n) is 6.19. The van der Waals surface area contributed by atoms with Crippen molar-refractivity contribution in [2.45, 2.75) is 33.1 Å². The molecule has 2 heterocycles. The van der Waals surface area contributed by atoms with E-state index in [4.69, 9.17) is 4.74 Å². The lowest BCUT2D eigenvalue weighted by Gasteiger charge is -2.22. The average Bonchev–Trinajstić information content (AvgIpc) is 3.03.